The Kier molecular flexibility index (Phi) is 6.41. The third-order valence-corrected chi connectivity index (χ3v) is 4.38. The summed E-state index contributed by atoms with van der Waals surface area (Å²) >= 11 is 6.29. The highest BCUT2D eigenvalue weighted by atomic mass is 35.5. The standard InChI is InChI=1S/C21H18ClN3O4/c1-14-19(20(22)25(24-14)16-10-6-3-7-11-16)21(28)29-13-18(27)23-17(26)12-15-8-4-2-5-9-15/h2-11H,12-13H2,1H3,(H,23,26,27). The van der Waals surface area contributed by atoms with Crippen molar-refractivity contribution in [3.05, 3.63) is 82.6 Å². The number of amides is 2. The molecule has 8 heteroatoms. The highest BCUT2D eigenvalue weighted by Crippen LogP contribution is 2.24. The van der Waals surface area contributed by atoms with Gasteiger partial charge < -0.3 is 4.74 Å². The molecular formula is C21H18ClN3O4. The van der Waals surface area contributed by atoms with Gasteiger partial charge >= 0.3 is 5.97 Å². The monoisotopic (exact) mass is 411 g/mol. The van der Waals surface area contributed by atoms with Crippen LogP contribution in [0.4, 0.5) is 0 Å². The first kappa shape index (κ1) is 20.3. The van der Waals surface area contributed by atoms with E-state index in [2.05, 4.69) is 10.4 Å². The van der Waals surface area contributed by atoms with E-state index >= 15 is 0 Å². The van der Waals surface area contributed by atoms with Crippen LogP contribution in [0.3, 0.4) is 0 Å². The summed E-state index contributed by atoms with van der Waals surface area (Å²) in [4.78, 5) is 36.2. The van der Waals surface area contributed by atoms with Gasteiger partial charge in [0.2, 0.25) is 5.91 Å². The van der Waals surface area contributed by atoms with Gasteiger partial charge in [-0.25, -0.2) is 9.48 Å². The molecule has 0 fully saturated rings. The van der Waals surface area contributed by atoms with Crippen LogP contribution in [0, 0.1) is 6.92 Å². The Morgan fingerprint density at radius 2 is 1.62 bits per heavy atom. The largest absolute Gasteiger partial charge is 0.452 e. The first-order valence-electron chi connectivity index (χ1n) is 8.80. The quantitative estimate of drug-likeness (QED) is 0.630. The summed E-state index contributed by atoms with van der Waals surface area (Å²) in [6, 6.07) is 18.0. The van der Waals surface area contributed by atoms with Crippen LogP contribution in [0.5, 0.6) is 0 Å². The number of aryl methyl sites for hydroxylation is 1. The SMILES string of the molecule is Cc1nn(-c2ccccc2)c(Cl)c1C(=O)OCC(=O)NC(=O)Cc1ccccc1. The Morgan fingerprint density at radius 1 is 1.00 bits per heavy atom. The molecule has 1 aromatic heterocycles. The third kappa shape index (κ3) is 5.08. The second-order valence-corrected chi connectivity index (χ2v) is 6.57. The maximum atomic E-state index is 12.4. The van der Waals surface area contributed by atoms with Crippen molar-refractivity contribution in [1.82, 2.24) is 15.1 Å². The van der Waals surface area contributed by atoms with E-state index in [1.807, 2.05) is 24.3 Å². The normalized spacial score (nSPS) is 10.4. The van der Waals surface area contributed by atoms with E-state index in [4.69, 9.17) is 16.3 Å². The number of esters is 1. The molecule has 29 heavy (non-hydrogen) atoms. The van der Waals surface area contributed by atoms with Crippen LogP contribution in [0.1, 0.15) is 21.6 Å². The van der Waals surface area contributed by atoms with Crippen molar-refractivity contribution in [2.45, 2.75) is 13.3 Å². The summed E-state index contributed by atoms with van der Waals surface area (Å²) in [5, 5.41) is 6.52. The predicted molar refractivity (Wildman–Crippen MR) is 107 cm³/mol. The van der Waals surface area contributed by atoms with Gasteiger partial charge in [-0.3, -0.25) is 14.9 Å². The number of carbonyl (C=O) groups excluding carboxylic acids is 3. The molecule has 148 valence electrons. The van der Waals surface area contributed by atoms with Gasteiger partial charge in [-0.05, 0) is 24.6 Å². The van der Waals surface area contributed by atoms with E-state index in [0.29, 0.717) is 11.4 Å². The van der Waals surface area contributed by atoms with Crippen LogP contribution in [0.2, 0.25) is 5.15 Å². The molecule has 0 aliphatic carbocycles. The van der Waals surface area contributed by atoms with Crippen LogP contribution in [0.15, 0.2) is 60.7 Å². The molecule has 1 heterocycles. The molecule has 2 aromatic carbocycles. The number of benzene rings is 2. The number of halogens is 1. The van der Waals surface area contributed by atoms with Crippen molar-refractivity contribution in [2.75, 3.05) is 6.61 Å². The third-order valence-electron chi connectivity index (χ3n) is 4.03. The summed E-state index contributed by atoms with van der Waals surface area (Å²) in [6.45, 7) is 1.01. The molecule has 0 radical (unpaired) electrons. The van der Waals surface area contributed by atoms with Gasteiger partial charge in [-0.2, -0.15) is 5.10 Å². The van der Waals surface area contributed by atoms with Gasteiger partial charge in [0.05, 0.1) is 17.8 Å². The molecule has 0 saturated carbocycles. The highest BCUT2D eigenvalue weighted by molar-refractivity contribution is 6.33. The van der Waals surface area contributed by atoms with Gasteiger partial charge in [0.25, 0.3) is 5.91 Å². The maximum absolute atomic E-state index is 12.4. The number of nitrogens with one attached hydrogen (secondary N) is 1. The molecular weight excluding hydrogens is 394 g/mol. The van der Waals surface area contributed by atoms with Crippen molar-refractivity contribution >= 4 is 29.4 Å². The van der Waals surface area contributed by atoms with Crippen LogP contribution < -0.4 is 5.32 Å². The lowest BCUT2D eigenvalue weighted by Gasteiger charge is -2.06. The molecule has 0 saturated heterocycles. The molecule has 3 aromatic rings. The molecule has 1 N–H and O–H groups in total. The molecule has 0 spiro atoms. The second-order valence-electron chi connectivity index (χ2n) is 6.21. The maximum Gasteiger partial charge on any atom is 0.343 e. The topological polar surface area (TPSA) is 90.3 Å². The fraction of sp³-hybridized carbons (Fsp3) is 0.143. The predicted octanol–water partition coefficient (Wildman–Crippen LogP) is 2.88. The number of ether oxygens (including phenoxy) is 1. The Morgan fingerprint density at radius 3 is 2.28 bits per heavy atom. The summed E-state index contributed by atoms with van der Waals surface area (Å²) in [5.41, 5.74) is 1.89. The van der Waals surface area contributed by atoms with Crippen LogP contribution in [0.25, 0.3) is 5.69 Å². The van der Waals surface area contributed by atoms with Crippen molar-refractivity contribution < 1.29 is 19.1 Å². The zero-order valence-corrected chi connectivity index (χ0v) is 16.3. The number of para-hydroxylation sites is 1. The molecule has 2 amide bonds. The lowest BCUT2D eigenvalue weighted by atomic mass is 10.1. The zero-order valence-electron chi connectivity index (χ0n) is 15.6. The van der Waals surface area contributed by atoms with Gasteiger partial charge in [0.1, 0.15) is 10.7 Å². The smallest absolute Gasteiger partial charge is 0.343 e. The lowest BCUT2D eigenvalue weighted by Crippen LogP contribution is -2.35. The summed E-state index contributed by atoms with van der Waals surface area (Å²) in [6.07, 6.45) is 0.0509. The fourth-order valence-corrected chi connectivity index (χ4v) is 3.04. The average Bonchev–Trinajstić information content (AvgIpc) is 3.01. The van der Waals surface area contributed by atoms with Gasteiger partial charge in [0.15, 0.2) is 6.61 Å². The van der Waals surface area contributed by atoms with Crippen LogP contribution >= 0.6 is 11.6 Å². The van der Waals surface area contributed by atoms with E-state index in [0.717, 1.165) is 5.56 Å². The molecule has 0 atom stereocenters. The Hall–Kier alpha value is -3.45. The highest BCUT2D eigenvalue weighted by Gasteiger charge is 2.23. The summed E-state index contributed by atoms with van der Waals surface area (Å²) in [7, 11) is 0. The Labute approximate surface area is 172 Å². The van der Waals surface area contributed by atoms with E-state index in [1.54, 1.807) is 43.3 Å². The zero-order chi connectivity index (χ0) is 20.8. The molecule has 0 bridgehead atoms. The fourth-order valence-electron chi connectivity index (χ4n) is 2.69. The van der Waals surface area contributed by atoms with Crippen LogP contribution in [-0.2, 0) is 20.7 Å². The van der Waals surface area contributed by atoms with E-state index in [-0.39, 0.29) is 17.1 Å². The number of hydrogen-bond acceptors (Lipinski definition) is 5. The van der Waals surface area contributed by atoms with E-state index in [1.165, 1.54) is 4.68 Å². The number of imide groups is 1. The number of hydrogen-bond donors (Lipinski definition) is 1. The lowest BCUT2D eigenvalue weighted by molar-refractivity contribution is -0.132. The molecule has 0 unspecified atom stereocenters. The first-order valence-corrected chi connectivity index (χ1v) is 9.17. The molecule has 0 aliphatic heterocycles. The van der Waals surface area contributed by atoms with E-state index in [9.17, 15) is 14.4 Å². The minimum Gasteiger partial charge on any atom is -0.452 e. The number of nitrogens with zero attached hydrogens (tertiary/aromatic N) is 2. The minimum atomic E-state index is -0.791. The van der Waals surface area contributed by atoms with Crippen molar-refractivity contribution in [3.8, 4) is 5.69 Å². The van der Waals surface area contributed by atoms with E-state index < -0.39 is 24.4 Å². The Balaban J connectivity index is 1.59. The minimum absolute atomic E-state index is 0.0509. The first-order chi connectivity index (χ1) is 14.0. The summed E-state index contributed by atoms with van der Waals surface area (Å²) < 4.78 is 6.42. The number of carbonyl (C=O) groups is 3. The molecule has 0 aliphatic rings. The van der Waals surface area contributed by atoms with Crippen molar-refractivity contribution in [1.29, 1.82) is 0 Å². The van der Waals surface area contributed by atoms with Crippen molar-refractivity contribution in [2.24, 2.45) is 0 Å². The average molecular weight is 412 g/mol. The van der Waals surface area contributed by atoms with Gasteiger partial charge in [-0.15, -0.1) is 0 Å². The molecule has 7 nitrogen and oxygen atoms in total. The van der Waals surface area contributed by atoms with Crippen molar-refractivity contribution in [3.63, 3.8) is 0 Å². The van der Waals surface area contributed by atoms with Crippen LogP contribution in [-0.4, -0.2) is 34.2 Å². The Bertz CT molecular complexity index is 1030. The van der Waals surface area contributed by atoms with Gasteiger partial charge in [0, 0.05) is 0 Å². The summed E-state index contributed by atoms with van der Waals surface area (Å²) in [5.74, 6) is -1.99. The number of rotatable bonds is 6. The number of aromatic nitrogens is 2. The second kappa shape index (κ2) is 9.16. The van der Waals surface area contributed by atoms with Gasteiger partial charge in [-0.1, -0.05) is 60.1 Å². The molecule has 3 rings (SSSR count).